The molecule has 1 unspecified atom stereocenters. The summed E-state index contributed by atoms with van der Waals surface area (Å²) in [7, 11) is 0. The second-order valence-electron chi connectivity index (χ2n) is 3.69. The molecule has 1 aromatic carbocycles. The second-order valence-corrected chi connectivity index (χ2v) is 4.54. The summed E-state index contributed by atoms with van der Waals surface area (Å²) in [5.74, 6) is -0.964. The minimum Gasteiger partial charge on any atom is -0.314 e. The first-order valence-corrected chi connectivity index (χ1v) is 6.25. The molecule has 1 nitrogen and oxygen atoms in total. The summed E-state index contributed by atoms with van der Waals surface area (Å²) in [5, 5.41) is 3.21. The summed E-state index contributed by atoms with van der Waals surface area (Å²) in [6.07, 6.45) is 1.22. The Kier molecular flexibility index (Phi) is 5.35. The van der Waals surface area contributed by atoms with E-state index in [0.29, 0.717) is 10.9 Å². The highest BCUT2D eigenvalue weighted by Crippen LogP contribution is 2.23. The first-order chi connectivity index (χ1) is 7.60. The fourth-order valence-corrected chi connectivity index (χ4v) is 2.02. The molecule has 0 aromatic heterocycles. The zero-order valence-corrected chi connectivity index (χ0v) is 11.1. The van der Waals surface area contributed by atoms with Crippen LogP contribution in [0.25, 0.3) is 0 Å². The van der Waals surface area contributed by atoms with Crippen LogP contribution < -0.4 is 5.32 Å². The topological polar surface area (TPSA) is 12.0 Å². The highest BCUT2D eigenvalue weighted by molar-refractivity contribution is 9.10. The quantitative estimate of drug-likeness (QED) is 0.817. The predicted molar refractivity (Wildman–Crippen MR) is 65.5 cm³/mol. The summed E-state index contributed by atoms with van der Waals surface area (Å²) in [5.41, 5.74) is 0.155. The lowest BCUT2D eigenvalue weighted by atomic mass is 10.0. The monoisotopic (exact) mass is 291 g/mol. The first-order valence-electron chi connectivity index (χ1n) is 5.45. The Hall–Kier alpha value is -0.480. The summed E-state index contributed by atoms with van der Waals surface area (Å²) in [4.78, 5) is 0. The fraction of sp³-hybridized carbons (Fsp3) is 0.500. The average molecular weight is 292 g/mol. The summed E-state index contributed by atoms with van der Waals surface area (Å²) in [6, 6.07) is 2.80. The van der Waals surface area contributed by atoms with E-state index < -0.39 is 11.6 Å². The minimum atomic E-state index is -0.489. The van der Waals surface area contributed by atoms with Crippen molar-refractivity contribution in [3.05, 3.63) is 33.8 Å². The van der Waals surface area contributed by atoms with Gasteiger partial charge < -0.3 is 5.32 Å². The molecule has 0 bridgehead atoms. The van der Waals surface area contributed by atoms with Crippen LogP contribution in [0.15, 0.2) is 16.6 Å². The maximum Gasteiger partial charge on any atom is 0.143 e. The number of rotatable bonds is 5. The Bertz CT molecular complexity index is 355. The van der Waals surface area contributed by atoms with Crippen molar-refractivity contribution in [2.24, 2.45) is 0 Å². The van der Waals surface area contributed by atoms with Crippen LogP contribution in [-0.2, 0) is 6.42 Å². The number of hydrogen-bond donors (Lipinski definition) is 1. The Morgan fingerprint density at radius 3 is 2.56 bits per heavy atom. The third kappa shape index (κ3) is 3.25. The molecule has 0 aliphatic carbocycles. The molecule has 0 fully saturated rings. The molecule has 0 heterocycles. The van der Waals surface area contributed by atoms with E-state index in [1.165, 1.54) is 12.1 Å². The molecule has 0 aliphatic heterocycles. The van der Waals surface area contributed by atoms with Crippen molar-refractivity contribution < 1.29 is 8.78 Å². The zero-order valence-electron chi connectivity index (χ0n) is 9.49. The smallest absolute Gasteiger partial charge is 0.143 e. The van der Waals surface area contributed by atoms with Gasteiger partial charge in [0.2, 0.25) is 0 Å². The molecule has 4 heteroatoms. The Labute approximate surface area is 103 Å². The van der Waals surface area contributed by atoms with Crippen molar-refractivity contribution in [2.75, 3.05) is 6.54 Å². The van der Waals surface area contributed by atoms with Crippen LogP contribution in [0.5, 0.6) is 0 Å². The van der Waals surface area contributed by atoms with Crippen molar-refractivity contribution in [2.45, 2.75) is 32.7 Å². The Balaban J connectivity index is 2.90. The predicted octanol–water partition coefficient (Wildman–Crippen LogP) is 3.66. The molecule has 1 rings (SSSR count). The molecule has 90 valence electrons. The maximum absolute atomic E-state index is 13.7. The Morgan fingerprint density at radius 1 is 1.31 bits per heavy atom. The van der Waals surface area contributed by atoms with Crippen LogP contribution in [0.1, 0.15) is 25.8 Å². The summed E-state index contributed by atoms with van der Waals surface area (Å²) < 4.78 is 27.5. The molecule has 0 aliphatic rings. The third-order valence-electron chi connectivity index (χ3n) is 2.58. The van der Waals surface area contributed by atoms with Crippen molar-refractivity contribution in [3.63, 3.8) is 0 Å². The largest absolute Gasteiger partial charge is 0.314 e. The first kappa shape index (κ1) is 13.6. The van der Waals surface area contributed by atoms with Gasteiger partial charge in [0, 0.05) is 11.6 Å². The summed E-state index contributed by atoms with van der Waals surface area (Å²) in [6.45, 7) is 4.78. The van der Waals surface area contributed by atoms with Crippen molar-refractivity contribution in [1.29, 1.82) is 0 Å². The standard InChI is InChI=1S/C12H16BrF2N/c1-3-8(16-4-2)7-9-11(14)6-5-10(13)12(9)15/h5-6,8,16H,3-4,7H2,1-2H3. The van der Waals surface area contributed by atoms with E-state index in [-0.39, 0.29) is 11.6 Å². The number of hydrogen-bond acceptors (Lipinski definition) is 1. The average Bonchev–Trinajstić information content (AvgIpc) is 2.28. The van der Waals surface area contributed by atoms with Gasteiger partial charge in [-0.1, -0.05) is 13.8 Å². The van der Waals surface area contributed by atoms with Gasteiger partial charge in [0.15, 0.2) is 0 Å². The van der Waals surface area contributed by atoms with Crippen LogP contribution >= 0.6 is 15.9 Å². The van der Waals surface area contributed by atoms with Crippen LogP contribution in [-0.4, -0.2) is 12.6 Å². The van der Waals surface area contributed by atoms with Crippen LogP contribution in [0.2, 0.25) is 0 Å². The fourth-order valence-electron chi connectivity index (χ4n) is 1.65. The minimum absolute atomic E-state index is 0.114. The molecule has 1 atom stereocenters. The lowest BCUT2D eigenvalue weighted by molar-refractivity contribution is 0.475. The van der Waals surface area contributed by atoms with E-state index in [2.05, 4.69) is 21.2 Å². The molecule has 16 heavy (non-hydrogen) atoms. The van der Waals surface area contributed by atoms with Gasteiger partial charge in [0.1, 0.15) is 11.6 Å². The molecule has 0 amide bonds. The number of nitrogens with one attached hydrogen (secondary N) is 1. The van der Waals surface area contributed by atoms with Gasteiger partial charge in [-0.05, 0) is 47.4 Å². The van der Waals surface area contributed by atoms with E-state index in [1.807, 2.05) is 13.8 Å². The lowest BCUT2D eigenvalue weighted by Crippen LogP contribution is -2.30. The van der Waals surface area contributed by atoms with Gasteiger partial charge in [-0.2, -0.15) is 0 Å². The molecular formula is C12H16BrF2N. The van der Waals surface area contributed by atoms with E-state index >= 15 is 0 Å². The van der Waals surface area contributed by atoms with Crippen molar-refractivity contribution in [1.82, 2.24) is 5.32 Å². The van der Waals surface area contributed by atoms with E-state index in [9.17, 15) is 8.78 Å². The zero-order chi connectivity index (χ0) is 12.1. The highest BCUT2D eigenvalue weighted by atomic mass is 79.9. The number of benzene rings is 1. The van der Waals surface area contributed by atoms with Crippen molar-refractivity contribution >= 4 is 15.9 Å². The molecular weight excluding hydrogens is 276 g/mol. The number of halogens is 3. The van der Waals surface area contributed by atoms with Crippen LogP contribution in [0, 0.1) is 11.6 Å². The summed E-state index contributed by atoms with van der Waals surface area (Å²) >= 11 is 3.07. The van der Waals surface area contributed by atoms with Crippen molar-refractivity contribution in [3.8, 4) is 0 Å². The molecule has 0 radical (unpaired) electrons. The van der Waals surface area contributed by atoms with E-state index in [0.717, 1.165) is 13.0 Å². The van der Waals surface area contributed by atoms with Gasteiger partial charge in [-0.3, -0.25) is 0 Å². The van der Waals surface area contributed by atoms with Crippen LogP contribution in [0.3, 0.4) is 0 Å². The van der Waals surface area contributed by atoms with Gasteiger partial charge >= 0.3 is 0 Å². The number of likely N-dealkylation sites (N-methyl/N-ethyl adjacent to an activating group) is 1. The van der Waals surface area contributed by atoms with Gasteiger partial charge in [-0.25, -0.2) is 8.78 Å². The maximum atomic E-state index is 13.7. The van der Waals surface area contributed by atoms with Crippen LogP contribution in [0.4, 0.5) is 8.78 Å². The van der Waals surface area contributed by atoms with Gasteiger partial charge in [0.05, 0.1) is 4.47 Å². The molecule has 0 saturated carbocycles. The molecule has 0 saturated heterocycles. The van der Waals surface area contributed by atoms with E-state index in [4.69, 9.17) is 0 Å². The van der Waals surface area contributed by atoms with Gasteiger partial charge in [-0.15, -0.1) is 0 Å². The lowest BCUT2D eigenvalue weighted by Gasteiger charge is -2.16. The second kappa shape index (κ2) is 6.30. The SMILES string of the molecule is CCNC(CC)Cc1c(F)ccc(Br)c1F. The molecule has 1 N–H and O–H groups in total. The van der Waals surface area contributed by atoms with Gasteiger partial charge in [0.25, 0.3) is 0 Å². The highest BCUT2D eigenvalue weighted by Gasteiger charge is 2.16. The van der Waals surface area contributed by atoms with E-state index in [1.54, 1.807) is 0 Å². The molecule has 0 spiro atoms. The Morgan fingerprint density at radius 2 is 2.00 bits per heavy atom. The third-order valence-corrected chi connectivity index (χ3v) is 3.19. The molecule has 1 aromatic rings. The normalized spacial score (nSPS) is 12.8.